The largest absolute Gasteiger partial charge is 0.358 e. The van der Waals surface area contributed by atoms with E-state index < -0.39 is 0 Å². The van der Waals surface area contributed by atoms with Crippen LogP contribution in [-0.4, -0.2) is 0 Å². The van der Waals surface area contributed by atoms with Crippen LogP contribution in [0.2, 0.25) is 0 Å². The Morgan fingerprint density at radius 1 is 0.500 bits per heavy atom. The summed E-state index contributed by atoms with van der Waals surface area (Å²) in [5.41, 5.74) is 0. The standard InChI is InChI=1S/C6H6.CH3.W/c1-2-4-6-5-3-1;;/h1-6H;1H3;/q;-1;. The van der Waals surface area contributed by atoms with Gasteiger partial charge in [-0.1, -0.05) is 36.4 Å². The summed E-state index contributed by atoms with van der Waals surface area (Å²) in [5, 5.41) is 0. The van der Waals surface area contributed by atoms with E-state index in [1.807, 2.05) is 36.4 Å². The molecular weight excluding hydrogens is 268 g/mol. The molecule has 8 heavy (non-hydrogen) atoms. The number of hydrogen-bond acceptors (Lipinski definition) is 0. The summed E-state index contributed by atoms with van der Waals surface area (Å²) in [7, 11) is 0. The van der Waals surface area contributed by atoms with Crippen molar-refractivity contribution in [2.75, 3.05) is 0 Å². The van der Waals surface area contributed by atoms with E-state index in [2.05, 4.69) is 0 Å². The van der Waals surface area contributed by atoms with E-state index in [9.17, 15) is 0 Å². The Morgan fingerprint density at radius 3 is 0.750 bits per heavy atom. The third-order valence-corrected chi connectivity index (χ3v) is 0.667. The van der Waals surface area contributed by atoms with Crippen LogP contribution in [0.1, 0.15) is 0 Å². The van der Waals surface area contributed by atoms with Crippen molar-refractivity contribution in [3.63, 3.8) is 0 Å². The second kappa shape index (κ2) is 6.91. The molecular formula is C7H9W-. The van der Waals surface area contributed by atoms with E-state index in [1.165, 1.54) is 0 Å². The van der Waals surface area contributed by atoms with Crippen molar-refractivity contribution in [1.29, 1.82) is 0 Å². The van der Waals surface area contributed by atoms with Crippen molar-refractivity contribution in [1.82, 2.24) is 0 Å². The Kier molecular flexibility index (Phi) is 9.34. The van der Waals surface area contributed by atoms with Gasteiger partial charge in [-0.05, 0) is 0 Å². The molecule has 1 rings (SSSR count). The maximum atomic E-state index is 2.00. The second-order valence-corrected chi connectivity index (χ2v) is 1.15. The molecule has 0 amide bonds. The second-order valence-electron chi connectivity index (χ2n) is 1.15. The van der Waals surface area contributed by atoms with Crippen LogP contribution >= 0.6 is 0 Å². The summed E-state index contributed by atoms with van der Waals surface area (Å²) < 4.78 is 0. The summed E-state index contributed by atoms with van der Waals surface area (Å²) >= 11 is 0. The Hall–Kier alpha value is -0.0917. The van der Waals surface area contributed by atoms with Gasteiger partial charge in [0.1, 0.15) is 0 Å². The fourth-order valence-electron chi connectivity index (χ4n) is 0.385. The predicted molar refractivity (Wildman–Crippen MR) is 32.9 cm³/mol. The summed E-state index contributed by atoms with van der Waals surface area (Å²) in [6, 6.07) is 12.0. The van der Waals surface area contributed by atoms with E-state index in [-0.39, 0.29) is 28.5 Å². The van der Waals surface area contributed by atoms with Crippen LogP contribution in [0.25, 0.3) is 0 Å². The summed E-state index contributed by atoms with van der Waals surface area (Å²) in [6.07, 6.45) is 0. The van der Waals surface area contributed by atoms with Crippen molar-refractivity contribution in [3.05, 3.63) is 43.8 Å². The van der Waals surface area contributed by atoms with Crippen LogP contribution in [0, 0.1) is 7.43 Å². The van der Waals surface area contributed by atoms with Gasteiger partial charge in [0, 0.05) is 21.1 Å². The van der Waals surface area contributed by atoms with Crippen LogP contribution in [0.15, 0.2) is 36.4 Å². The Morgan fingerprint density at radius 2 is 0.625 bits per heavy atom. The van der Waals surface area contributed by atoms with Gasteiger partial charge in [-0.15, -0.1) is 0 Å². The number of hydrogen-bond donors (Lipinski definition) is 0. The molecule has 0 nitrogen and oxygen atoms in total. The molecule has 0 aliphatic heterocycles. The minimum atomic E-state index is 0. The molecule has 0 bridgehead atoms. The maximum absolute atomic E-state index is 2.00. The van der Waals surface area contributed by atoms with E-state index in [0.29, 0.717) is 0 Å². The first kappa shape index (κ1) is 10.8. The molecule has 1 aromatic carbocycles. The van der Waals surface area contributed by atoms with Gasteiger partial charge in [-0.3, -0.25) is 0 Å². The van der Waals surface area contributed by atoms with Crippen LogP contribution in [0.4, 0.5) is 0 Å². The van der Waals surface area contributed by atoms with Gasteiger partial charge in [0.2, 0.25) is 0 Å². The smallest absolute Gasteiger partial charge is 0 e. The van der Waals surface area contributed by atoms with Crippen molar-refractivity contribution >= 4 is 0 Å². The van der Waals surface area contributed by atoms with Gasteiger partial charge >= 0.3 is 0 Å². The molecule has 0 atom stereocenters. The Labute approximate surface area is 65.2 Å². The molecule has 1 heteroatoms. The molecule has 1 aromatic rings. The number of rotatable bonds is 0. The van der Waals surface area contributed by atoms with Crippen LogP contribution in [-0.2, 0) is 21.1 Å². The van der Waals surface area contributed by atoms with Gasteiger partial charge < -0.3 is 7.43 Å². The van der Waals surface area contributed by atoms with Gasteiger partial charge in [0.15, 0.2) is 0 Å². The fourth-order valence-corrected chi connectivity index (χ4v) is 0.385. The zero-order valence-corrected chi connectivity index (χ0v) is 7.81. The van der Waals surface area contributed by atoms with E-state index >= 15 is 0 Å². The molecule has 0 radical (unpaired) electrons. The predicted octanol–water partition coefficient (Wildman–Crippen LogP) is 2.13. The third-order valence-electron chi connectivity index (χ3n) is 0.667. The quantitative estimate of drug-likeness (QED) is 0.637. The normalized spacial score (nSPS) is 6.00. The Bertz CT molecular complexity index is 76.3. The molecule has 0 saturated heterocycles. The van der Waals surface area contributed by atoms with Crippen LogP contribution in [0.3, 0.4) is 0 Å². The molecule has 0 spiro atoms. The minimum absolute atomic E-state index is 0. The zero-order chi connectivity index (χ0) is 4.24. The van der Waals surface area contributed by atoms with Gasteiger partial charge in [0.05, 0.1) is 0 Å². The monoisotopic (exact) mass is 277 g/mol. The molecule has 44 valence electrons. The number of benzene rings is 1. The van der Waals surface area contributed by atoms with Gasteiger partial charge in [-0.25, -0.2) is 0 Å². The fraction of sp³-hybridized carbons (Fsp3) is 0. The molecule has 0 unspecified atom stereocenters. The average molecular weight is 277 g/mol. The maximum Gasteiger partial charge on any atom is 0 e. The van der Waals surface area contributed by atoms with Crippen molar-refractivity contribution in [2.24, 2.45) is 0 Å². The minimum Gasteiger partial charge on any atom is -0.358 e. The van der Waals surface area contributed by atoms with Gasteiger partial charge in [0.25, 0.3) is 0 Å². The molecule has 0 heterocycles. The van der Waals surface area contributed by atoms with Gasteiger partial charge in [-0.2, -0.15) is 0 Å². The first-order valence-corrected chi connectivity index (χ1v) is 2.00. The summed E-state index contributed by atoms with van der Waals surface area (Å²) in [4.78, 5) is 0. The SMILES string of the molecule is [CH3-].[W].c1ccccc1. The van der Waals surface area contributed by atoms with E-state index in [0.717, 1.165) is 0 Å². The third kappa shape index (κ3) is 4.08. The van der Waals surface area contributed by atoms with Crippen molar-refractivity contribution in [2.45, 2.75) is 0 Å². The van der Waals surface area contributed by atoms with E-state index in [1.54, 1.807) is 0 Å². The van der Waals surface area contributed by atoms with Crippen molar-refractivity contribution < 1.29 is 21.1 Å². The molecule has 0 N–H and O–H groups in total. The summed E-state index contributed by atoms with van der Waals surface area (Å²) in [6.45, 7) is 0. The first-order valence-electron chi connectivity index (χ1n) is 2.00. The molecule has 0 fully saturated rings. The van der Waals surface area contributed by atoms with E-state index in [4.69, 9.17) is 0 Å². The Balaban J connectivity index is 0. The average Bonchev–Trinajstić information content (AvgIpc) is 1.72. The van der Waals surface area contributed by atoms with Crippen LogP contribution in [0.5, 0.6) is 0 Å². The first-order chi connectivity index (χ1) is 3.00. The van der Waals surface area contributed by atoms with Crippen molar-refractivity contribution in [3.8, 4) is 0 Å². The zero-order valence-electron chi connectivity index (χ0n) is 4.87. The topological polar surface area (TPSA) is 0 Å². The molecule has 0 saturated carbocycles. The molecule has 0 aliphatic carbocycles. The summed E-state index contributed by atoms with van der Waals surface area (Å²) in [5.74, 6) is 0. The molecule has 0 aromatic heterocycles. The van der Waals surface area contributed by atoms with Crippen LogP contribution < -0.4 is 0 Å². The molecule has 0 aliphatic rings.